The van der Waals surface area contributed by atoms with E-state index < -0.39 is 33.4 Å². The Kier molecular flexibility index (Phi) is 6.99. The molecule has 0 saturated carbocycles. The third-order valence-electron chi connectivity index (χ3n) is 3.23. The third kappa shape index (κ3) is 5.66. The summed E-state index contributed by atoms with van der Waals surface area (Å²) in [5.41, 5.74) is 0.249. The van der Waals surface area contributed by atoms with E-state index in [1.807, 2.05) is 0 Å². The van der Waals surface area contributed by atoms with Crippen molar-refractivity contribution in [2.45, 2.75) is 16.2 Å². The SMILES string of the molecule is O=C(O)CSc1c(F)cc(CCNS(=O)(=O)c2ccc(Cl)cc2)cc1F. The number of carboxylic acids is 1. The van der Waals surface area contributed by atoms with Crippen LogP contribution < -0.4 is 4.72 Å². The lowest BCUT2D eigenvalue weighted by Crippen LogP contribution is -2.26. The van der Waals surface area contributed by atoms with Gasteiger partial charge in [0, 0.05) is 11.6 Å². The maximum Gasteiger partial charge on any atom is 0.313 e. The van der Waals surface area contributed by atoms with E-state index in [4.69, 9.17) is 16.7 Å². The summed E-state index contributed by atoms with van der Waals surface area (Å²) in [5, 5.41) is 8.97. The monoisotopic (exact) mass is 421 g/mol. The Morgan fingerprint density at radius 1 is 1.15 bits per heavy atom. The van der Waals surface area contributed by atoms with Crippen molar-refractivity contribution >= 4 is 39.4 Å². The van der Waals surface area contributed by atoms with Gasteiger partial charge in [0.25, 0.3) is 0 Å². The highest BCUT2D eigenvalue weighted by molar-refractivity contribution is 8.00. The molecule has 0 unspecified atom stereocenters. The van der Waals surface area contributed by atoms with Crippen LogP contribution in [0.1, 0.15) is 5.56 Å². The second-order valence-electron chi connectivity index (χ2n) is 5.17. The summed E-state index contributed by atoms with van der Waals surface area (Å²) in [7, 11) is -3.76. The first-order valence-electron chi connectivity index (χ1n) is 7.27. The Bertz CT molecular complexity index is 882. The maximum absolute atomic E-state index is 13.9. The normalized spacial score (nSPS) is 11.5. The molecule has 2 N–H and O–H groups in total. The molecule has 10 heteroatoms. The van der Waals surface area contributed by atoms with Crippen LogP contribution in [0, 0.1) is 11.6 Å². The molecule has 2 aromatic carbocycles. The van der Waals surface area contributed by atoms with Crippen LogP contribution in [0.3, 0.4) is 0 Å². The molecular formula is C16H14ClF2NO4S2. The minimum atomic E-state index is -3.76. The van der Waals surface area contributed by atoms with Crippen LogP contribution in [-0.2, 0) is 21.2 Å². The Morgan fingerprint density at radius 3 is 2.27 bits per heavy atom. The second kappa shape index (κ2) is 8.81. The molecule has 26 heavy (non-hydrogen) atoms. The van der Waals surface area contributed by atoms with Crippen molar-refractivity contribution in [1.82, 2.24) is 4.72 Å². The van der Waals surface area contributed by atoms with Gasteiger partial charge in [0.05, 0.1) is 15.5 Å². The van der Waals surface area contributed by atoms with Crippen LogP contribution in [0.2, 0.25) is 5.02 Å². The number of thioether (sulfide) groups is 1. The predicted octanol–water partition coefficient (Wildman–Crippen LogP) is 3.32. The summed E-state index contributed by atoms with van der Waals surface area (Å²) in [6, 6.07) is 7.69. The first-order valence-corrected chi connectivity index (χ1v) is 10.1. The Hall–Kier alpha value is -1.68. The Morgan fingerprint density at radius 2 is 1.73 bits per heavy atom. The van der Waals surface area contributed by atoms with Gasteiger partial charge in [0.1, 0.15) is 11.6 Å². The van der Waals surface area contributed by atoms with E-state index in [9.17, 15) is 22.0 Å². The topological polar surface area (TPSA) is 83.5 Å². The molecule has 2 rings (SSSR count). The van der Waals surface area contributed by atoms with E-state index in [1.165, 1.54) is 24.3 Å². The first-order chi connectivity index (χ1) is 12.2. The summed E-state index contributed by atoms with van der Waals surface area (Å²) >= 11 is 6.25. The zero-order valence-electron chi connectivity index (χ0n) is 13.2. The first kappa shape index (κ1) is 20.6. The van der Waals surface area contributed by atoms with Gasteiger partial charge >= 0.3 is 5.97 Å². The molecule has 0 aliphatic carbocycles. The molecule has 0 fully saturated rings. The van der Waals surface area contributed by atoms with Crippen LogP contribution in [0.15, 0.2) is 46.2 Å². The van der Waals surface area contributed by atoms with Crippen LogP contribution in [-0.4, -0.2) is 31.8 Å². The summed E-state index contributed by atoms with van der Waals surface area (Å²) in [5.74, 6) is -3.42. The summed E-state index contributed by atoms with van der Waals surface area (Å²) < 4.78 is 54.4. The van der Waals surface area contributed by atoms with Crippen molar-refractivity contribution in [2.24, 2.45) is 0 Å². The average Bonchev–Trinajstić information content (AvgIpc) is 2.54. The fraction of sp³-hybridized carbons (Fsp3) is 0.188. The van der Waals surface area contributed by atoms with E-state index >= 15 is 0 Å². The molecule has 0 atom stereocenters. The highest BCUT2D eigenvalue weighted by Crippen LogP contribution is 2.26. The fourth-order valence-electron chi connectivity index (χ4n) is 2.06. The zero-order chi connectivity index (χ0) is 19.3. The number of rotatable bonds is 8. The Labute approximate surface area is 158 Å². The minimum Gasteiger partial charge on any atom is -0.481 e. The van der Waals surface area contributed by atoms with Gasteiger partial charge in [-0.1, -0.05) is 11.6 Å². The van der Waals surface area contributed by atoms with Crippen molar-refractivity contribution in [2.75, 3.05) is 12.3 Å². The largest absolute Gasteiger partial charge is 0.481 e. The van der Waals surface area contributed by atoms with Gasteiger partial charge in [0.15, 0.2) is 0 Å². The molecule has 0 spiro atoms. The van der Waals surface area contributed by atoms with Crippen molar-refractivity contribution in [1.29, 1.82) is 0 Å². The van der Waals surface area contributed by atoms with Gasteiger partial charge in [-0.25, -0.2) is 21.9 Å². The smallest absolute Gasteiger partial charge is 0.313 e. The van der Waals surface area contributed by atoms with Gasteiger partial charge in [-0.05, 0) is 48.4 Å². The number of hydrogen-bond donors (Lipinski definition) is 2. The maximum atomic E-state index is 13.9. The van der Waals surface area contributed by atoms with Crippen molar-refractivity contribution in [3.05, 3.63) is 58.6 Å². The molecule has 0 bridgehead atoms. The molecule has 0 saturated heterocycles. The minimum absolute atomic E-state index is 0.0275. The standard InChI is InChI=1S/C16H14ClF2NO4S2/c17-11-1-3-12(4-2-11)26(23,24)20-6-5-10-7-13(18)16(14(19)8-10)25-9-15(21)22/h1-4,7-8,20H,5-6,9H2,(H,21,22). The molecule has 2 aromatic rings. The van der Waals surface area contributed by atoms with Crippen molar-refractivity contribution in [3.63, 3.8) is 0 Å². The van der Waals surface area contributed by atoms with Crippen LogP contribution in [0.4, 0.5) is 8.78 Å². The van der Waals surface area contributed by atoms with Crippen LogP contribution in [0.5, 0.6) is 0 Å². The predicted molar refractivity (Wildman–Crippen MR) is 95.1 cm³/mol. The molecule has 0 amide bonds. The number of hydrogen-bond acceptors (Lipinski definition) is 4. The van der Waals surface area contributed by atoms with E-state index in [1.54, 1.807) is 0 Å². The lowest BCUT2D eigenvalue weighted by Gasteiger charge is -2.09. The quantitative estimate of drug-likeness (QED) is 0.639. The van der Waals surface area contributed by atoms with E-state index in [2.05, 4.69) is 4.72 Å². The Balaban J connectivity index is 2.01. The lowest BCUT2D eigenvalue weighted by molar-refractivity contribution is -0.133. The van der Waals surface area contributed by atoms with E-state index in [0.29, 0.717) is 16.8 Å². The number of sulfonamides is 1. The molecule has 140 valence electrons. The fourth-order valence-corrected chi connectivity index (χ4v) is 3.87. The molecule has 0 heterocycles. The van der Waals surface area contributed by atoms with Gasteiger partial charge in [-0.15, -0.1) is 11.8 Å². The third-order valence-corrected chi connectivity index (χ3v) is 6.03. The van der Waals surface area contributed by atoms with Crippen molar-refractivity contribution in [3.8, 4) is 0 Å². The van der Waals surface area contributed by atoms with E-state index in [0.717, 1.165) is 12.1 Å². The number of aliphatic carboxylic acids is 1. The van der Waals surface area contributed by atoms with Crippen LogP contribution >= 0.6 is 23.4 Å². The van der Waals surface area contributed by atoms with E-state index in [-0.39, 0.29) is 28.3 Å². The average molecular weight is 422 g/mol. The summed E-state index contributed by atoms with van der Waals surface area (Å²) in [4.78, 5) is 10.1. The number of carboxylic acid groups (broad SMARTS) is 1. The summed E-state index contributed by atoms with van der Waals surface area (Å²) in [6.45, 7) is -0.0640. The number of carbonyl (C=O) groups is 1. The van der Waals surface area contributed by atoms with Crippen molar-refractivity contribution < 1.29 is 27.1 Å². The molecular weight excluding hydrogens is 408 g/mol. The molecule has 0 aromatic heterocycles. The second-order valence-corrected chi connectivity index (χ2v) is 8.36. The van der Waals surface area contributed by atoms with Crippen LogP contribution in [0.25, 0.3) is 0 Å². The number of nitrogens with one attached hydrogen (secondary N) is 1. The van der Waals surface area contributed by atoms with Gasteiger partial charge in [0.2, 0.25) is 10.0 Å². The molecule has 0 radical (unpaired) electrons. The lowest BCUT2D eigenvalue weighted by atomic mass is 10.1. The van der Waals surface area contributed by atoms with Gasteiger partial charge < -0.3 is 5.11 Å². The highest BCUT2D eigenvalue weighted by atomic mass is 35.5. The number of benzene rings is 2. The van der Waals surface area contributed by atoms with Gasteiger partial charge in [-0.3, -0.25) is 4.79 Å². The molecule has 5 nitrogen and oxygen atoms in total. The molecule has 0 aliphatic heterocycles. The number of halogens is 3. The highest BCUT2D eigenvalue weighted by Gasteiger charge is 2.15. The zero-order valence-corrected chi connectivity index (χ0v) is 15.6. The molecule has 0 aliphatic rings. The van der Waals surface area contributed by atoms with Gasteiger partial charge in [-0.2, -0.15) is 0 Å². The summed E-state index contributed by atoms with van der Waals surface area (Å²) in [6.07, 6.45) is 0.0601.